The van der Waals surface area contributed by atoms with Crippen LogP contribution >= 0.6 is 11.3 Å². The van der Waals surface area contributed by atoms with Gasteiger partial charge in [0.25, 0.3) is 11.8 Å². The van der Waals surface area contributed by atoms with E-state index in [1.807, 2.05) is 32.0 Å². The number of benzene rings is 2. The first-order valence-corrected chi connectivity index (χ1v) is 11.8. The van der Waals surface area contributed by atoms with Crippen LogP contribution in [0.5, 0.6) is 5.75 Å². The predicted molar refractivity (Wildman–Crippen MR) is 126 cm³/mol. The minimum Gasteiger partial charge on any atom is -0.490 e. The first kappa shape index (κ1) is 21.8. The van der Waals surface area contributed by atoms with Crippen LogP contribution in [0.3, 0.4) is 0 Å². The second kappa shape index (κ2) is 9.08. The van der Waals surface area contributed by atoms with E-state index in [2.05, 4.69) is 26.5 Å². The molecule has 0 radical (unpaired) electrons. The van der Waals surface area contributed by atoms with Crippen LogP contribution in [0.25, 0.3) is 22.8 Å². The van der Waals surface area contributed by atoms with Gasteiger partial charge in [0.15, 0.2) is 0 Å². The smallest absolute Gasteiger partial charge is 0.263 e. The van der Waals surface area contributed by atoms with E-state index in [0.717, 1.165) is 29.5 Å². The summed E-state index contributed by atoms with van der Waals surface area (Å²) < 4.78 is 11.2. The Bertz CT molecular complexity index is 1390. The molecule has 9 heteroatoms. The number of carbonyl (C=O) groups is 1. The van der Waals surface area contributed by atoms with E-state index >= 15 is 0 Å². The van der Waals surface area contributed by atoms with Crippen molar-refractivity contribution in [3.05, 3.63) is 69.7 Å². The Kier molecular flexibility index (Phi) is 5.82. The third-order valence-electron chi connectivity index (χ3n) is 5.61. The van der Waals surface area contributed by atoms with Gasteiger partial charge in [0, 0.05) is 11.1 Å². The Morgan fingerprint density at radius 2 is 2.21 bits per heavy atom. The van der Waals surface area contributed by atoms with Gasteiger partial charge in [-0.05, 0) is 56.0 Å². The fourth-order valence-electron chi connectivity index (χ4n) is 4.13. The SMILES string of the molecule is CC(C)Oc1ccc(-c2nc(-c3cccc4c3CC[C@@H]4NC(=O)c3cncs3)no2)cc1C#N. The Balaban J connectivity index is 1.41. The number of nitriles is 1. The molecule has 1 aliphatic rings. The van der Waals surface area contributed by atoms with Crippen LogP contribution in [0.15, 0.2) is 52.6 Å². The first-order chi connectivity index (χ1) is 16.5. The molecule has 34 heavy (non-hydrogen) atoms. The molecule has 2 aromatic heterocycles. The van der Waals surface area contributed by atoms with Crippen molar-refractivity contribution in [1.82, 2.24) is 20.4 Å². The zero-order chi connectivity index (χ0) is 23.7. The summed E-state index contributed by atoms with van der Waals surface area (Å²) in [5, 5.41) is 16.8. The highest BCUT2D eigenvalue weighted by Crippen LogP contribution is 2.38. The average molecular weight is 472 g/mol. The summed E-state index contributed by atoms with van der Waals surface area (Å²) in [6.45, 7) is 3.82. The molecule has 2 aromatic carbocycles. The number of amides is 1. The van der Waals surface area contributed by atoms with Crippen LogP contribution in [-0.2, 0) is 6.42 Å². The van der Waals surface area contributed by atoms with Gasteiger partial charge in [0.2, 0.25) is 5.82 Å². The molecule has 1 atom stereocenters. The summed E-state index contributed by atoms with van der Waals surface area (Å²) in [6, 6.07) is 13.2. The van der Waals surface area contributed by atoms with E-state index in [1.165, 1.54) is 11.3 Å². The summed E-state index contributed by atoms with van der Waals surface area (Å²) >= 11 is 1.32. The fourth-order valence-corrected chi connectivity index (χ4v) is 4.65. The maximum absolute atomic E-state index is 12.5. The number of carbonyl (C=O) groups excluding carboxylic acids is 1. The minimum absolute atomic E-state index is 0.0382. The van der Waals surface area contributed by atoms with Crippen molar-refractivity contribution in [1.29, 1.82) is 5.26 Å². The van der Waals surface area contributed by atoms with Crippen LogP contribution < -0.4 is 10.1 Å². The molecule has 5 rings (SSSR count). The van der Waals surface area contributed by atoms with Gasteiger partial charge in [-0.2, -0.15) is 10.2 Å². The number of nitrogens with one attached hydrogen (secondary N) is 1. The second-order valence-corrected chi connectivity index (χ2v) is 9.10. The highest BCUT2D eigenvalue weighted by molar-refractivity contribution is 7.11. The van der Waals surface area contributed by atoms with Crippen molar-refractivity contribution in [2.45, 2.75) is 38.8 Å². The molecule has 0 bridgehead atoms. The summed E-state index contributed by atoms with van der Waals surface area (Å²) in [5.74, 6) is 1.20. The summed E-state index contributed by atoms with van der Waals surface area (Å²) in [7, 11) is 0. The van der Waals surface area contributed by atoms with E-state index in [4.69, 9.17) is 9.26 Å². The van der Waals surface area contributed by atoms with Crippen molar-refractivity contribution in [3.8, 4) is 34.7 Å². The number of aromatic nitrogens is 3. The second-order valence-electron chi connectivity index (χ2n) is 8.22. The molecule has 0 spiro atoms. The average Bonchev–Trinajstić information content (AvgIpc) is 3.60. The molecule has 0 saturated heterocycles. The molecule has 2 heterocycles. The lowest BCUT2D eigenvalue weighted by Gasteiger charge is -2.13. The molecule has 0 unspecified atom stereocenters. The Labute approximate surface area is 200 Å². The first-order valence-electron chi connectivity index (χ1n) is 10.9. The lowest BCUT2D eigenvalue weighted by molar-refractivity contribution is 0.0940. The Morgan fingerprint density at radius 3 is 2.97 bits per heavy atom. The topological polar surface area (TPSA) is 114 Å². The Morgan fingerprint density at radius 1 is 1.32 bits per heavy atom. The number of hydrogen-bond acceptors (Lipinski definition) is 8. The molecule has 1 aliphatic carbocycles. The third-order valence-corrected chi connectivity index (χ3v) is 6.38. The number of hydrogen-bond donors (Lipinski definition) is 1. The highest BCUT2D eigenvalue weighted by atomic mass is 32.1. The molecule has 1 amide bonds. The highest BCUT2D eigenvalue weighted by Gasteiger charge is 2.28. The standard InChI is InChI=1S/C25H21N5O3S/c1-14(2)32-21-9-6-15(10-16(21)11-26)25-29-23(30-33-25)19-5-3-4-18-17(19)7-8-20(18)28-24(31)22-12-27-13-34-22/h3-6,9-10,12-14,20H,7-8H2,1-2H3,(H,28,31)/t20-/m0/s1. The summed E-state index contributed by atoms with van der Waals surface area (Å²) in [5.41, 5.74) is 5.74. The lowest BCUT2D eigenvalue weighted by atomic mass is 10.0. The van der Waals surface area contributed by atoms with E-state index in [9.17, 15) is 10.1 Å². The van der Waals surface area contributed by atoms with Crippen LogP contribution in [0, 0.1) is 11.3 Å². The third kappa shape index (κ3) is 4.16. The monoisotopic (exact) mass is 471 g/mol. The maximum atomic E-state index is 12.5. The van der Waals surface area contributed by atoms with Crippen molar-refractivity contribution in [2.24, 2.45) is 0 Å². The van der Waals surface area contributed by atoms with Gasteiger partial charge in [0.1, 0.15) is 16.7 Å². The molecule has 170 valence electrons. The predicted octanol–water partition coefficient (Wildman–Crippen LogP) is 4.94. The minimum atomic E-state index is -0.120. The van der Waals surface area contributed by atoms with Crippen LogP contribution in [-0.4, -0.2) is 27.1 Å². The van der Waals surface area contributed by atoms with E-state index in [0.29, 0.717) is 33.5 Å². The number of nitrogens with zero attached hydrogens (tertiary/aromatic N) is 4. The lowest BCUT2D eigenvalue weighted by Crippen LogP contribution is -2.26. The van der Waals surface area contributed by atoms with E-state index < -0.39 is 0 Å². The Hall–Kier alpha value is -4.03. The molecule has 0 aliphatic heterocycles. The zero-order valence-electron chi connectivity index (χ0n) is 18.6. The van der Waals surface area contributed by atoms with Crippen molar-refractivity contribution < 1.29 is 14.1 Å². The van der Waals surface area contributed by atoms with Crippen LogP contribution in [0.2, 0.25) is 0 Å². The van der Waals surface area contributed by atoms with Gasteiger partial charge >= 0.3 is 0 Å². The quantitative estimate of drug-likeness (QED) is 0.424. The molecule has 0 saturated carbocycles. The molecule has 8 nitrogen and oxygen atoms in total. The van der Waals surface area contributed by atoms with E-state index in [-0.39, 0.29) is 18.1 Å². The van der Waals surface area contributed by atoms with Gasteiger partial charge < -0.3 is 14.6 Å². The zero-order valence-corrected chi connectivity index (χ0v) is 19.4. The summed E-state index contributed by atoms with van der Waals surface area (Å²) in [6.07, 6.45) is 3.13. The maximum Gasteiger partial charge on any atom is 0.263 e. The normalized spacial score (nSPS) is 14.6. The van der Waals surface area contributed by atoms with Crippen LogP contribution in [0.4, 0.5) is 0 Å². The summed E-state index contributed by atoms with van der Waals surface area (Å²) in [4.78, 5) is 21.7. The molecular weight excluding hydrogens is 450 g/mol. The van der Waals surface area contributed by atoms with Crippen molar-refractivity contribution in [2.75, 3.05) is 0 Å². The van der Waals surface area contributed by atoms with E-state index in [1.54, 1.807) is 29.9 Å². The van der Waals surface area contributed by atoms with Gasteiger partial charge in [-0.25, -0.2) is 0 Å². The van der Waals surface area contributed by atoms with Gasteiger partial charge in [-0.3, -0.25) is 9.78 Å². The fraction of sp³-hybridized carbons (Fsp3) is 0.240. The van der Waals surface area contributed by atoms with Crippen molar-refractivity contribution in [3.63, 3.8) is 0 Å². The molecule has 4 aromatic rings. The number of ether oxygens (including phenoxy) is 1. The molecular formula is C25H21N5O3S. The van der Waals surface area contributed by atoms with Crippen molar-refractivity contribution >= 4 is 17.2 Å². The largest absolute Gasteiger partial charge is 0.490 e. The number of rotatable bonds is 6. The van der Waals surface area contributed by atoms with Gasteiger partial charge in [-0.15, -0.1) is 11.3 Å². The number of thiazole rings is 1. The molecule has 1 N–H and O–H groups in total. The van der Waals surface area contributed by atoms with Crippen LogP contribution in [0.1, 0.15) is 52.7 Å². The number of fused-ring (bicyclic) bond motifs is 1. The molecule has 0 fully saturated rings. The van der Waals surface area contributed by atoms with Gasteiger partial charge in [-0.1, -0.05) is 23.4 Å². The van der Waals surface area contributed by atoms with Gasteiger partial charge in [0.05, 0.1) is 29.4 Å².